The minimum absolute atomic E-state index is 0.0108. The molecule has 0 spiro atoms. The summed E-state index contributed by atoms with van der Waals surface area (Å²) in [7, 11) is 1.82. The van der Waals surface area contributed by atoms with Crippen LogP contribution in [0.1, 0.15) is 48.0 Å². The average Bonchev–Trinajstić information content (AvgIpc) is 3.16. The van der Waals surface area contributed by atoms with Crippen molar-refractivity contribution in [1.82, 2.24) is 14.8 Å². The van der Waals surface area contributed by atoms with Crippen LogP contribution in [0.2, 0.25) is 0 Å². The lowest BCUT2D eigenvalue weighted by molar-refractivity contribution is -0.129. The molecule has 1 aliphatic carbocycles. The number of aryl methyl sites for hydroxylation is 1. The maximum absolute atomic E-state index is 12.6. The van der Waals surface area contributed by atoms with Gasteiger partial charge in [-0.2, -0.15) is 0 Å². The SMILES string of the molecule is Cc1cnccc1C(=O)N(C)C[C@H]1CC(=O)N(C2CCCC2)C1. The van der Waals surface area contributed by atoms with Gasteiger partial charge in [0, 0.05) is 56.5 Å². The van der Waals surface area contributed by atoms with Crippen LogP contribution in [0.3, 0.4) is 0 Å². The van der Waals surface area contributed by atoms with Crippen molar-refractivity contribution in [2.75, 3.05) is 20.1 Å². The highest BCUT2D eigenvalue weighted by atomic mass is 16.2. The summed E-state index contributed by atoms with van der Waals surface area (Å²) in [5.41, 5.74) is 1.58. The predicted octanol–water partition coefficient (Wildman–Crippen LogP) is 2.25. The second-order valence-corrected chi connectivity index (χ2v) is 6.93. The van der Waals surface area contributed by atoms with Gasteiger partial charge in [-0.15, -0.1) is 0 Å². The number of rotatable bonds is 4. The molecule has 1 aliphatic heterocycles. The van der Waals surface area contributed by atoms with Crippen molar-refractivity contribution in [3.8, 4) is 0 Å². The maximum Gasteiger partial charge on any atom is 0.253 e. The zero-order valence-corrected chi connectivity index (χ0v) is 14.0. The van der Waals surface area contributed by atoms with Gasteiger partial charge in [0.2, 0.25) is 5.91 Å². The molecule has 23 heavy (non-hydrogen) atoms. The van der Waals surface area contributed by atoms with Crippen molar-refractivity contribution in [3.63, 3.8) is 0 Å². The monoisotopic (exact) mass is 315 g/mol. The summed E-state index contributed by atoms with van der Waals surface area (Å²) in [5.74, 6) is 0.527. The molecule has 2 amide bonds. The Balaban J connectivity index is 1.60. The van der Waals surface area contributed by atoms with E-state index in [1.807, 2.05) is 14.0 Å². The molecule has 0 N–H and O–H groups in total. The van der Waals surface area contributed by atoms with Crippen molar-refractivity contribution in [3.05, 3.63) is 29.6 Å². The van der Waals surface area contributed by atoms with Crippen LogP contribution in [-0.4, -0.2) is 52.8 Å². The summed E-state index contributed by atoms with van der Waals surface area (Å²) in [6.07, 6.45) is 8.69. The van der Waals surface area contributed by atoms with Crippen molar-refractivity contribution in [2.45, 2.75) is 45.1 Å². The fraction of sp³-hybridized carbons (Fsp3) is 0.611. The number of amides is 2. The molecule has 2 aliphatic rings. The lowest BCUT2D eigenvalue weighted by atomic mass is 10.1. The average molecular weight is 315 g/mol. The molecule has 2 heterocycles. The Bertz CT molecular complexity index is 596. The number of hydrogen-bond donors (Lipinski definition) is 0. The lowest BCUT2D eigenvalue weighted by Gasteiger charge is -2.25. The number of hydrogen-bond acceptors (Lipinski definition) is 3. The summed E-state index contributed by atoms with van der Waals surface area (Å²) in [6, 6.07) is 2.20. The number of aromatic nitrogens is 1. The molecule has 0 unspecified atom stereocenters. The first-order chi connectivity index (χ1) is 11.1. The molecule has 1 saturated carbocycles. The van der Waals surface area contributed by atoms with E-state index in [1.54, 1.807) is 23.4 Å². The molecule has 3 rings (SSSR count). The van der Waals surface area contributed by atoms with Crippen LogP contribution in [0.15, 0.2) is 18.5 Å². The van der Waals surface area contributed by atoms with Gasteiger partial charge in [0.05, 0.1) is 0 Å². The van der Waals surface area contributed by atoms with Gasteiger partial charge in [-0.05, 0) is 31.4 Å². The molecule has 2 fully saturated rings. The zero-order chi connectivity index (χ0) is 16.4. The van der Waals surface area contributed by atoms with Crippen molar-refractivity contribution < 1.29 is 9.59 Å². The topological polar surface area (TPSA) is 53.5 Å². The van der Waals surface area contributed by atoms with Gasteiger partial charge < -0.3 is 9.80 Å². The maximum atomic E-state index is 12.6. The van der Waals surface area contributed by atoms with E-state index in [0.717, 1.165) is 24.9 Å². The van der Waals surface area contributed by atoms with Crippen LogP contribution in [0.4, 0.5) is 0 Å². The number of carbonyl (C=O) groups excluding carboxylic acids is 2. The Hall–Kier alpha value is -1.91. The molecule has 5 nitrogen and oxygen atoms in total. The first kappa shape index (κ1) is 16.0. The van der Waals surface area contributed by atoms with Gasteiger partial charge in [-0.25, -0.2) is 0 Å². The van der Waals surface area contributed by atoms with Crippen LogP contribution in [0.25, 0.3) is 0 Å². The van der Waals surface area contributed by atoms with E-state index < -0.39 is 0 Å². The summed E-state index contributed by atoms with van der Waals surface area (Å²) < 4.78 is 0. The Morgan fingerprint density at radius 1 is 1.39 bits per heavy atom. The second-order valence-electron chi connectivity index (χ2n) is 6.93. The van der Waals surface area contributed by atoms with E-state index in [2.05, 4.69) is 9.88 Å². The van der Waals surface area contributed by atoms with E-state index >= 15 is 0 Å². The van der Waals surface area contributed by atoms with E-state index in [1.165, 1.54) is 12.8 Å². The third kappa shape index (κ3) is 3.38. The van der Waals surface area contributed by atoms with Crippen molar-refractivity contribution in [1.29, 1.82) is 0 Å². The molecule has 5 heteroatoms. The number of carbonyl (C=O) groups is 2. The van der Waals surface area contributed by atoms with Gasteiger partial charge >= 0.3 is 0 Å². The minimum atomic E-state index is 0.0108. The smallest absolute Gasteiger partial charge is 0.253 e. The molecule has 1 aromatic heterocycles. The fourth-order valence-corrected chi connectivity index (χ4v) is 3.89. The van der Waals surface area contributed by atoms with Gasteiger partial charge in [-0.1, -0.05) is 12.8 Å². The van der Waals surface area contributed by atoms with E-state index in [4.69, 9.17) is 0 Å². The highest BCUT2D eigenvalue weighted by Gasteiger charge is 2.36. The molecular weight excluding hydrogens is 290 g/mol. The van der Waals surface area contributed by atoms with Gasteiger partial charge in [0.25, 0.3) is 5.91 Å². The second kappa shape index (κ2) is 6.69. The Morgan fingerprint density at radius 3 is 2.83 bits per heavy atom. The van der Waals surface area contributed by atoms with Crippen LogP contribution < -0.4 is 0 Å². The van der Waals surface area contributed by atoms with Gasteiger partial charge in [0.1, 0.15) is 0 Å². The Labute approximate surface area is 137 Å². The Morgan fingerprint density at radius 2 is 2.13 bits per heavy atom. The molecule has 0 aromatic carbocycles. The molecular formula is C18H25N3O2. The molecule has 1 aromatic rings. The summed E-state index contributed by atoms with van der Waals surface area (Å²) in [4.78, 5) is 32.7. The first-order valence-corrected chi connectivity index (χ1v) is 8.52. The number of nitrogens with zero attached hydrogens (tertiary/aromatic N) is 3. The molecule has 1 saturated heterocycles. The minimum Gasteiger partial charge on any atom is -0.341 e. The van der Waals surface area contributed by atoms with Gasteiger partial charge in [0.15, 0.2) is 0 Å². The summed E-state index contributed by atoms with van der Waals surface area (Å²) in [5, 5.41) is 0. The van der Waals surface area contributed by atoms with Gasteiger partial charge in [-0.3, -0.25) is 14.6 Å². The lowest BCUT2D eigenvalue weighted by Crippen LogP contribution is -2.36. The molecule has 1 atom stereocenters. The summed E-state index contributed by atoms with van der Waals surface area (Å²) in [6.45, 7) is 3.33. The highest BCUT2D eigenvalue weighted by molar-refractivity contribution is 5.95. The largest absolute Gasteiger partial charge is 0.341 e. The highest BCUT2D eigenvalue weighted by Crippen LogP contribution is 2.29. The number of likely N-dealkylation sites (tertiary alicyclic amines) is 1. The quantitative estimate of drug-likeness (QED) is 0.856. The Kier molecular flexibility index (Phi) is 4.64. The van der Waals surface area contributed by atoms with Crippen LogP contribution in [0.5, 0.6) is 0 Å². The number of pyridine rings is 1. The normalized spacial score (nSPS) is 21.9. The first-order valence-electron chi connectivity index (χ1n) is 8.52. The van der Waals surface area contributed by atoms with Crippen LogP contribution in [-0.2, 0) is 4.79 Å². The third-order valence-corrected chi connectivity index (χ3v) is 5.13. The van der Waals surface area contributed by atoms with Crippen molar-refractivity contribution >= 4 is 11.8 Å². The van der Waals surface area contributed by atoms with E-state index in [0.29, 0.717) is 24.6 Å². The predicted molar refractivity (Wildman–Crippen MR) is 88.0 cm³/mol. The standard InChI is InChI=1S/C18H25N3O2/c1-13-10-19-8-7-16(13)18(23)20(2)11-14-9-17(22)21(12-14)15-5-3-4-6-15/h7-8,10,14-15H,3-6,9,11-12H2,1-2H3/t14-/m1/s1. The molecule has 0 radical (unpaired) electrons. The fourth-order valence-electron chi connectivity index (χ4n) is 3.89. The summed E-state index contributed by atoms with van der Waals surface area (Å²) >= 11 is 0. The van der Waals surface area contributed by atoms with E-state index in [9.17, 15) is 9.59 Å². The molecule has 124 valence electrons. The van der Waals surface area contributed by atoms with Crippen LogP contribution >= 0.6 is 0 Å². The molecule has 0 bridgehead atoms. The third-order valence-electron chi connectivity index (χ3n) is 5.13. The zero-order valence-electron chi connectivity index (χ0n) is 14.0. The van der Waals surface area contributed by atoms with E-state index in [-0.39, 0.29) is 17.7 Å². The van der Waals surface area contributed by atoms with Crippen LogP contribution in [0, 0.1) is 12.8 Å². The van der Waals surface area contributed by atoms with Crippen molar-refractivity contribution in [2.24, 2.45) is 5.92 Å².